The van der Waals surface area contributed by atoms with E-state index in [-0.39, 0.29) is 10.8 Å². The zero-order valence-electron chi connectivity index (χ0n) is 15.4. The molecule has 0 aromatic heterocycles. The van der Waals surface area contributed by atoms with Crippen LogP contribution in [-0.4, -0.2) is 26.7 Å². The minimum atomic E-state index is -3.36. The summed E-state index contributed by atoms with van der Waals surface area (Å²) >= 11 is 0. The van der Waals surface area contributed by atoms with Crippen molar-refractivity contribution in [1.29, 1.82) is 0 Å². The molecule has 3 aromatic carbocycles. The molecule has 0 radical (unpaired) electrons. The van der Waals surface area contributed by atoms with E-state index in [2.05, 4.69) is 5.32 Å². The Balaban J connectivity index is 1.89. The molecule has 0 saturated carbocycles. The van der Waals surface area contributed by atoms with Crippen molar-refractivity contribution in [2.75, 3.05) is 12.4 Å². The second kappa shape index (κ2) is 7.40. The van der Waals surface area contributed by atoms with E-state index in [9.17, 15) is 13.2 Å². The number of amides is 1. The number of sulfone groups is 1. The summed E-state index contributed by atoms with van der Waals surface area (Å²) in [5.74, 6) is 0.422. The number of carbonyl (C=O) groups is 1. The minimum absolute atomic E-state index is 0.212. The van der Waals surface area contributed by atoms with Gasteiger partial charge in [0.2, 0.25) is 0 Å². The number of hydrogen-bond donors (Lipinski definition) is 1. The molecule has 0 fully saturated rings. The average molecular weight is 383 g/mol. The molecule has 140 valence electrons. The molecule has 1 amide bonds. The Kier molecular flexibility index (Phi) is 5.19. The molecule has 0 atom stereocenters. The Morgan fingerprint density at radius 3 is 2.15 bits per heavy atom. The van der Waals surface area contributed by atoms with Gasteiger partial charge in [0.15, 0.2) is 9.84 Å². The molecule has 5 nitrogen and oxygen atoms in total. The maximum absolute atomic E-state index is 12.6. The van der Waals surface area contributed by atoms with Gasteiger partial charge in [0, 0.05) is 22.0 Å². The van der Waals surface area contributed by atoms with Gasteiger partial charge in [0.25, 0.3) is 5.91 Å². The van der Waals surface area contributed by atoms with E-state index >= 15 is 0 Å². The lowest BCUT2D eigenvalue weighted by atomic mass is 10.1. The number of ether oxygens (including phenoxy) is 1. The van der Waals surface area contributed by atoms with Gasteiger partial charge in [-0.25, -0.2) is 8.42 Å². The van der Waals surface area contributed by atoms with E-state index in [1.807, 2.05) is 24.3 Å². The highest BCUT2D eigenvalue weighted by Crippen LogP contribution is 2.31. The number of hydrogen-bond acceptors (Lipinski definition) is 4. The van der Waals surface area contributed by atoms with Gasteiger partial charge in [-0.05, 0) is 50.2 Å². The number of nitrogens with one attached hydrogen (secondary N) is 1. The van der Waals surface area contributed by atoms with Gasteiger partial charge >= 0.3 is 0 Å². The zero-order valence-corrected chi connectivity index (χ0v) is 16.2. The van der Waals surface area contributed by atoms with Crippen LogP contribution in [0, 0.1) is 0 Å². The van der Waals surface area contributed by atoms with Crippen molar-refractivity contribution in [2.45, 2.75) is 24.0 Å². The first-order valence-electron chi connectivity index (χ1n) is 8.55. The first-order valence-corrected chi connectivity index (χ1v) is 10.1. The van der Waals surface area contributed by atoms with E-state index in [1.165, 1.54) is 24.3 Å². The molecule has 0 unspecified atom stereocenters. The summed E-state index contributed by atoms with van der Waals surface area (Å²) < 4.78 is 29.8. The van der Waals surface area contributed by atoms with Gasteiger partial charge in [-0.15, -0.1) is 0 Å². The van der Waals surface area contributed by atoms with Crippen LogP contribution >= 0.6 is 0 Å². The summed E-state index contributed by atoms with van der Waals surface area (Å²) in [5.41, 5.74) is 1.05. The van der Waals surface area contributed by atoms with Gasteiger partial charge in [-0.3, -0.25) is 4.79 Å². The molecule has 0 bridgehead atoms. The van der Waals surface area contributed by atoms with Crippen LogP contribution < -0.4 is 10.1 Å². The molecule has 0 heterocycles. The maximum atomic E-state index is 12.6. The predicted molar refractivity (Wildman–Crippen MR) is 107 cm³/mol. The van der Waals surface area contributed by atoms with E-state index in [1.54, 1.807) is 33.1 Å². The highest BCUT2D eigenvalue weighted by molar-refractivity contribution is 7.92. The first kappa shape index (κ1) is 18.9. The third-order valence-electron chi connectivity index (χ3n) is 4.42. The quantitative estimate of drug-likeness (QED) is 0.714. The number of fused-ring (bicyclic) bond motifs is 1. The second-order valence-corrected chi connectivity index (χ2v) is 8.94. The summed E-state index contributed by atoms with van der Waals surface area (Å²) in [6.07, 6.45) is 0. The predicted octanol–water partition coefficient (Wildman–Crippen LogP) is 4.28. The van der Waals surface area contributed by atoms with Crippen LogP contribution in [-0.2, 0) is 9.84 Å². The molecule has 0 saturated heterocycles. The van der Waals surface area contributed by atoms with Gasteiger partial charge < -0.3 is 10.1 Å². The second-order valence-electron chi connectivity index (χ2n) is 6.43. The summed E-state index contributed by atoms with van der Waals surface area (Å²) in [5, 5.41) is 4.14. The minimum Gasteiger partial charge on any atom is -0.496 e. The number of rotatable bonds is 5. The Morgan fingerprint density at radius 2 is 1.56 bits per heavy atom. The SMILES string of the molecule is COc1ccc(NC(=O)c2ccc(S(=O)(=O)C(C)C)cc2)c2ccccc12. The van der Waals surface area contributed by atoms with Crippen LogP contribution in [0.5, 0.6) is 5.75 Å². The molecule has 27 heavy (non-hydrogen) atoms. The third kappa shape index (κ3) is 3.66. The van der Waals surface area contributed by atoms with Gasteiger partial charge in [0.05, 0.1) is 17.3 Å². The lowest BCUT2D eigenvalue weighted by Gasteiger charge is -2.12. The van der Waals surface area contributed by atoms with Crippen LogP contribution in [0.15, 0.2) is 65.6 Å². The molecule has 0 aliphatic heterocycles. The zero-order chi connectivity index (χ0) is 19.6. The van der Waals surface area contributed by atoms with Crippen LogP contribution in [0.1, 0.15) is 24.2 Å². The Labute approximate surface area is 158 Å². The van der Waals surface area contributed by atoms with Crippen molar-refractivity contribution in [2.24, 2.45) is 0 Å². The van der Waals surface area contributed by atoms with Crippen LogP contribution in [0.25, 0.3) is 10.8 Å². The van der Waals surface area contributed by atoms with E-state index in [0.29, 0.717) is 11.3 Å². The molecular weight excluding hydrogens is 362 g/mol. The molecular formula is C21H21NO4S. The summed E-state index contributed by atoms with van der Waals surface area (Å²) in [4.78, 5) is 12.8. The van der Waals surface area contributed by atoms with E-state index in [4.69, 9.17) is 4.74 Å². The molecule has 1 N–H and O–H groups in total. The van der Waals surface area contributed by atoms with E-state index in [0.717, 1.165) is 16.5 Å². The topological polar surface area (TPSA) is 72.5 Å². The summed E-state index contributed by atoms with van der Waals surface area (Å²) in [6.45, 7) is 3.26. The highest BCUT2D eigenvalue weighted by atomic mass is 32.2. The van der Waals surface area contributed by atoms with Crippen LogP contribution in [0.3, 0.4) is 0 Å². The van der Waals surface area contributed by atoms with Crippen molar-refractivity contribution < 1.29 is 17.9 Å². The standard InChI is InChI=1S/C21H21NO4S/c1-14(2)27(24,25)16-10-8-15(9-11-16)21(23)22-19-12-13-20(26-3)18-7-5-4-6-17(18)19/h4-14H,1-3H3,(H,22,23). The van der Waals surface area contributed by atoms with Crippen molar-refractivity contribution in [3.8, 4) is 5.75 Å². The number of anilines is 1. The molecule has 0 aliphatic carbocycles. The molecule has 3 rings (SSSR count). The normalized spacial score (nSPS) is 11.6. The first-order chi connectivity index (χ1) is 12.8. The van der Waals surface area contributed by atoms with Gasteiger partial charge in [0.1, 0.15) is 5.75 Å². The monoisotopic (exact) mass is 383 g/mol. The Morgan fingerprint density at radius 1 is 0.926 bits per heavy atom. The lowest BCUT2D eigenvalue weighted by molar-refractivity contribution is 0.102. The molecule has 0 aliphatic rings. The summed E-state index contributed by atoms with van der Waals surface area (Å²) in [7, 11) is -1.76. The Bertz CT molecular complexity index is 1090. The van der Waals surface area contributed by atoms with E-state index < -0.39 is 15.1 Å². The van der Waals surface area contributed by atoms with Crippen molar-refractivity contribution in [3.05, 3.63) is 66.2 Å². The molecule has 3 aromatic rings. The molecule has 6 heteroatoms. The van der Waals surface area contributed by atoms with Crippen molar-refractivity contribution in [3.63, 3.8) is 0 Å². The van der Waals surface area contributed by atoms with Crippen molar-refractivity contribution in [1.82, 2.24) is 0 Å². The lowest BCUT2D eigenvalue weighted by Crippen LogP contribution is -2.15. The van der Waals surface area contributed by atoms with Gasteiger partial charge in [-0.1, -0.05) is 24.3 Å². The smallest absolute Gasteiger partial charge is 0.255 e. The van der Waals surface area contributed by atoms with Gasteiger partial charge in [-0.2, -0.15) is 0 Å². The fourth-order valence-corrected chi connectivity index (χ4v) is 3.88. The number of methoxy groups -OCH3 is 1. The van der Waals surface area contributed by atoms with Crippen molar-refractivity contribution >= 4 is 32.2 Å². The fraction of sp³-hybridized carbons (Fsp3) is 0.190. The maximum Gasteiger partial charge on any atom is 0.255 e. The average Bonchev–Trinajstić information content (AvgIpc) is 2.68. The third-order valence-corrected chi connectivity index (χ3v) is 6.59. The fourth-order valence-electron chi connectivity index (χ4n) is 2.82. The highest BCUT2D eigenvalue weighted by Gasteiger charge is 2.19. The number of carbonyl (C=O) groups excluding carboxylic acids is 1. The van der Waals surface area contributed by atoms with Crippen LogP contribution in [0.2, 0.25) is 0 Å². The largest absolute Gasteiger partial charge is 0.496 e. The van der Waals surface area contributed by atoms with Crippen LogP contribution in [0.4, 0.5) is 5.69 Å². The summed E-state index contributed by atoms with van der Waals surface area (Å²) in [6, 6.07) is 17.2. The Hall–Kier alpha value is -2.86. The molecule has 0 spiro atoms. The number of benzene rings is 3.